The van der Waals surface area contributed by atoms with E-state index in [1.54, 1.807) is 42.2 Å². The molecule has 0 fully saturated rings. The van der Waals surface area contributed by atoms with Gasteiger partial charge in [0.2, 0.25) is 9.84 Å². The molecule has 1 aromatic heterocycles. The maximum Gasteiger partial charge on any atom is 0.208 e. The molecule has 0 aliphatic carbocycles. The Morgan fingerprint density at radius 1 is 0.609 bits per heavy atom. The monoisotopic (exact) mass is 637 g/mol. The number of benzene rings is 5. The molecular formula is C39H31N3O2S2. The summed E-state index contributed by atoms with van der Waals surface area (Å²) in [7, 11) is -3.70. The highest BCUT2D eigenvalue weighted by Gasteiger charge is 2.38. The largest absolute Gasteiger partial charge is 0.310 e. The summed E-state index contributed by atoms with van der Waals surface area (Å²) in [6.45, 7) is 6.56. The smallest absolute Gasteiger partial charge is 0.208 e. The Hall–Kier alpha value is -4.85. The maximum absolute atomic E-state index is 13.5. The second-order valence-corrected chi connectivity index (χ2v) is 15.2. The number of fused-ring (bicyclic) bond motifs is 4. The fourth-order valence-electron chi connectivity index (χ4n) is 6.76. The number of aromatic nitrogens is 1. The van der Waals surface area contributed by atoms with Crippen LogP contribution < -0.4 is 9.80 Å². The molecule has 0 amide bonds. The summed E-state index contributed by atoms with van der Waals surface area (Å²) in [5, 5.41) is 0. The molecule has 5 nitrogen and oxygen atoms in total. The lowest BCUT2D eigenvalue weighted by Crippen LogP contribution is -2.31. The molecule has 0 unspecified atom stereocenters. The van der Waals surface area contributed by atoms with Crippen LogP contribution in [0.2, 0.25) is 0 Å². The van der Waals surface area contributed by atoms with E-state index in [-0.39, 0.29) is 15.2 Å². The van der Waals surface area contributed by atoms with Crippen LogP contribution in [0.4, 0.5) is 34.1 Å². The molecule has 0 bridgehead atoms. The van der Waals surface area contributed by atoms with E-state index in [0.717, 1.165) is 28.3 Å². The topological polar surface area (TPSA) is 53.5 Å². The van der Waals surface area contributed by atoms with Crippen LogP contribution in [0, 0.1) is 6.92 Å². The molecule has 0 saturated carbocycles. The molecule has 2 aliphatic heterocycles. The maximum atomic E-state index is 13.5. The summed E-state index contributed by atoms with van der Waals surface area (Å²) < 4.78 is 26.9. The van der Waals surface area contributed by atoms with Gasteiger partial charge in [-0.2, -0.15) is 0 Å². The van der Waals surface area contributed by atoms with Crippen LogP contribution in [0.25, 0.3) is 0 Å². The number of hydrogen-bond donors (Lipinski definition) is 0. The molecular weight excluding hydrogens is 607 g/mol. The average Bonchev–Trinajstić information content (AvgIpc) is 3.08. The van der Waals surface area contributed by atoms with E-state index in [2.05, 4.69) is 120 Å². The molecule has 7 heteroatoms. The Morgan fingerprint density at radius 2 is 1.24 bits per heavy atom. The lowest BCUT2D eigenvalue weighted by molar-refractivity contribution is 0.595. The van der Waals surface area contributed by atoms with Crippen molar-refractivity contribution >= 4 is 55.7 Å². The number of hydrogen-bond acceptors (Lipinski definition) is 6. The molecule has 3 heterocycles. The number of para-hydroxylation sites is 3. The lowest BCUT2D eigenvalue weighted by Gasteiger charge is -2.43. The van der Waals surface area contributed by atoms with Crippen molar-refractivity contribution in [3.63, 3.8) is 0 Å². The minimum Gasteiger partial charge on any atom is -0.310 e. The Kier molecular flexibility index (Phi) is 6.60. The van der Waals surface area contributed by atoms with Crippen LogP contribution in [-0.2, 0) is 15.3 Å². The quantitative estimate of drug-likeness (QED) is 0.191. The third-order valence-electron chi connectivity index (χ3n) is 9.07. The van der Waals surface area contributed by atoms with Crippen molar-refractivity contribution in [2.24, 2.45) is 0 Å². The Bertz CT molecular complexity index is 2220. The van der Waals surface area contributed by atoms with Crippen molar-refractivity contribution in [1.82, 2.24) is 4.98 Å². The molecule has 0 saturated heterocycles. The van der Waals surface area contributed by atoms with Gasteiger partial charge in [-0.25, -0.2) is 8.42 Å². The van der Waals surface area contributed by atoms with E-state index in [1.165, 1.54) is 38.5 Å². The van der Waals surface area contributed by atoms with Crippen molar-refractivity contribution in [3.05, 3.63) is 150 Å². The van der Waals surface area contributed by atoms with E-state index in [9.17, 15) is 8.42 Å². The van der Waals surface area contributed by atoms with Gasteiger partial charge in [-0.1, -0.05) is 68.1 Å². The van der Waals surface area contributed by atoms with Gasteiger partial charge in [0, 0.05) is 39.0 Å². The predicted molar refractivity (Wildman–Crippen MR) is 186 cm³/mol. The summed E-state index contributed by atoms with van der Waals surface area (Å²) >= 11 is 1.80. The fraction of sp³-hybridized carbons (Fsp3) is 0.103. The van der Waals surface area contributed by atoms with Crippen LogP contribution >= 0.6 is 11.8 Å². The van der Waals surface area contributed by atoms with Crippen molar-refractivity contribution in [2.45, 2.75) is 45.8 Å². The van der Waals surface area contributed by atoms with Crippen LogP contribution in [0.1, 0.15) is 30.5 Å². The number of aryl methyl sites for hydroxylation is 1. The first kappa shape index (κ1) is 28.6. The number of anilines is 6. The molecule has 5 aromatic carbocycles. The first-order valence-corrected chi connectivity index (χ1v) is 17.5. The van der Waals surface area contributed by atoms with Crippen LogP contribution in [0.15, 0.2) is 153 Å². The zero-order valence-corrected chi connectivity index (χ0v) is 27.3. The highest BCUT2D eigenvalue weighted by Crippen LogP contribution is 2.56. The van der Waals surface area contributed by atoms with Gasteiger partial charge in [-0.3, -0.25) is 4.98 Å². The number of nitrogens with zero attached hydrogens (tertiary/aromatic N) is 3. The molecule has 0 atom stereocenters. The minimum absolute atomic E-state index is 0.185. The highest BCUT2D eigenvalue weighted by molar-refractivity contribution is 7.99. The first-order valence-electron chi connectivity index (χ1n) is 15.2. The zero-order chi connectivity index (χ0) is 31.6. The minimum atomic E-state index is -3.70. The summed E-state index contributed by atoms with van der Waals surface area (Å²) in [5.41, 5.74) is 9.51. The molecule has 8 rings (SSSR count). The van der Waals surface area contributed by atoms with Gasteiger partial charge < -0.3 is 9.80 Å². The SMILES string of the molecule is Cc1cc(S(=O)(=O)c2cccnc2)ccc1N1c2ccccc2C(C)(C)c2cc(N3c4ccccc4Sc4ccccc43)ccc21. The second-order valence-electron chi connectivity index (χ2n) is 12.2. The fourth-order valence-corrected chi connectivity index (χ4v) is 9.13. The summed E-state index contributed by atoms with van der Waals surface area (Å²) in [4.78, 5) is 11.6. The standard InChI is InChI=1S/C39H31N3O2S2/c1-26-23-28(46(43,44)29-11-10-22-40-25-29)19-21-32(26)42-33-13-5-4-12-30(33)39(2,3)31-24-27(18-20-34(31)42)41-35-14-6-8-16-37(35)45-38-17-9-7-15-36(38)41/h4-25H,1-3H3. The van der Waals surface area contributed by atoms with Crippen LogP contribution in [0.5, 0.6) is 0 Å². The van der Waals surface area contributed by atoms with Gasteiger partial charge in [0.25, 0.3) is 0 Å². The van der Waals surface area contributed by atoms with Gasteiger partial charge >= 0.3 is 0 Å². The Labute approximate surface area is 274 Å². The summed E-state index contributed by atoms with van der Waals surface area (Å²) in [6, 6.07) is 41.1. The zero-order valence-electron chi connectivity index (χ0n) is 25.7. The molecule has 0 radical (unpaired) electrons. The van der Waals surface area contributed by atoms with E-state index in [0.29, 0.717) is 0 Å². The predicted octanol–water partition coefficient (Wildman–Crippen LogP) is 10.3. The average molecular weight is 638 g/mol. The van der Waals surface area contributed by atoms with Gasteiger partial charge in [0.15, 0.2) is 0 Å². The summed E-state index contributed by atoms with van der Waals surface area (Å²) in [6.07, 6.45) is 2.97. The first-order chi connectivity index (χ1) is 22.2. The third kappa shape index (κ3) is 4.37. The van der Waals surface area contributed by atoms with E-state index >= 15 is 0 Å². The van der Waals surface area contributed by atoms with Crippen molar-refractivity contribution in [1.29, 1.82) is 0 Å². The highest BCUT2D eigenvalue weighted by atomic mass is 32.2. The molecule has 46 heavy (non-hydrogen) atoms. The second kappa shape index (κ2) is 10.6. The van der Waals surface area contributed by atoms with Gasteiger partial charge in [-0.05, 0) is 102 Å². The molecule has 0 N–H and O–H groups in total. The Morgan fingerprint density at radius 3 is 1.91 bits per heavy atom. The van der Waals surface area contributed by atoms with Gasteiger partial charge in [-0.15, -0.1) is 0 Å². The van der Waals surface area contributed by atoms with Crippen molar-refractivity contribution in [2.75, 3.05) is 9.80 Å². The van der Waals surface area contributed by atoms with Crippen LogP contribution in [0.3, 0.4) is 0 Å². The van der Waals surface area contributed by atoms with Crippen molar-refractivity contribution in [3.8, 4) is 0 Å². The molecule has 226 valence electrons. The molecule has 0 spiro atoms. The normalized spacial score (nSPS) is 14.6. The van der Waals surface area contributed by atoms with Crippen LogP contribution in [-0.4, -0.2) is 13.4 Å². The van der Waals surface area contributed by atoms with Gasteiger partial charge in [0.1, 0.15) is 0 Å². The molecule has 6 aromatic rings. The van der Waals surface area contributed by atoms with E-state index in [1.807, 2.05) is 13.0 Å². The third-order valence-corrected chi connectivity index (χ3v) is 11.9. The van der Waals surface area contributed by atoms with Gasteiger partial charge in [0.05, 0.1) is 32.5 Å². The summed E-state index contributed by atoms with van der Waals surface area (Å²) in [5.74, 6) is 0. The Balaban J connectivity index is 1.30. The number of sulfone groups is 1. The lowest BCUT2D eigenvalue weighted by atomic mass is 9.73. The van der Waals surface area contributed by atoms with Crippen molar-refractivity contribution < 1.29 is 8.42 Å². The number of pyridine rings is 1. The van der Waals surface area contributed by atoms with E-state index < -0.39 is 9.84 Å². The number of rotatable bonds is 4. The van der Waals surface area contributed by atoms with E-state index in [4.69, 9.17) is 0 Å². The molecule has 2 aliphatic rings.